The summed E-state index contributed by atoms with van der Waals surface area (Å²) in [5.74, 6) is 1.76. The summed E-state index contributed by atoms with van der Waals surface area (Å²) in [6.45, 7) is 8.68. The van der Waals surface area contributed by atoms with Crippen LogP contribution in [0.5, 0.6) is 11.5 Å². The molecule has 1 amide bonds. The second-order valence-electron chi connectivity index (χ2n) is 8.58. The molecule has 1 aromatic heterocycles. The SMILES string of the molecule is Cc1cc(C)cc(-n2nc(CC(C)C)c3c2C(=O)NC3c2ccc3c(c2)OCO3)c1. The van der Waals surface area contributed by atoms with Crippen LogP contribution in [0.4, 0.5) is 0 Å². The van der Waals surface area contributed by atoms with Crippen LogP contribution in [0.25, 0.3) is 5.69 Å². The Labute approximate surface area is 175 Å². The minimum atomic E-state index is -0.254. The fourth-order valence-electron chi connectivity index (χ4n) is 4.41. The molecule has 6 nitrogen and oxygen atoms in total. The van der Waals surface area contributed by atoms with Crippen LogP contribution in [-0.4, -0.2) is 22.5 Å². The molecule has 2 aromatic carbocycles. The van der Waals surface area contributed by atoms with Crippen LogP contribution in [0.15, 0.2) is 36.4 Å². The molecule has 1 unspecified atom stereocenters. The number of ether oxygens (including phenoxy) is 2. The van der Waals surface area contributed by atoms with Gasteiger partial charge in [0.1, 0.15) is 5.69 Å². The number of fused-ring (bicyclic) bond motifs is 2. The van der Waals surface area contributed by atoms with Gasteiger partial charge < -0.3 is 14.8 Å². The van der Waals surface area contributed by atoms with Gasteiger partial charge in [0.05, 0.1) is 17.4 Å². The number of rotatable bonds is 4. The third-order valence-corrected chi connectivity index (χ3v) is 5.56. The van der Waals surface area contributed by atoms with Crippen LogP contribution in [0, 0.1) is 19.8 Å². The third kappa shape index (κ3) is 3.03. The van der Waals surface area contributed by atoms with Gasteiger partial charge in [-0.3, -0.25) is 4.79 Å². The number of benzene rings is 2. The van der Waals surface area contributed by atoms with E-state index in [9.17, 15) is 4.79 Å². The lowest BCUT2D eigenvalue weighted by atomic mass is 9.96. The summed E-state index contributed by atoms with van der Waals surface area (Å²) in [5, 5.41) is 8.09. The molecule has 0 bridgehead atoms. The Bertz CT molecular complexity index is 1140. The van der Waals surface area contributed by atoms with Crippen molar-refractivity contribution in [3.8, 4) is 17.2 Å². The highest BCUT2D eigenvalue weighted by atomic mass is 16.7. The Morgan fingerprint density at radius 3 is 2.57 bits per heavy atom. The molecule has 0 saturated heterocycles. The lowest BCUT2D eigenvalue weighted by molar-refractivity contribution is 0.0953. The smallest absolute Gasteiger partial charge is 0.271 e. The molecular formula is C24H25N3O3. The number of hydrogen-bond acceptors (Lipinski definition) is 4. The zero-order chi connectivity index (χ0) is 21.0. The molecule has 6 heteroatoms. The summed E-state index contributed by atoms with van der Waals surface area (Å²) in [5.41, 5.74) is 6.72. The highest BCUT2D eigenvalue weighted by Crippen LogP contribution is 2.40. The summed E-state index contributed by atoms with van der Waals surface area (Å²) in [6.07, 6.45) is 0.802. The Kier molecular flexibility index (Phi) is 4.31. The number of nitrogens with one attached hydrogen (secondary N) is 1. The number of nitrogens with zero attached hydrogens (tertiary/aromatic N) is 2. The maximum absolute atomic E-state index is 13.1. The first kappa shape index (κ1) is 18.7. The maximum Gasteiger partial charge on any atom is 0.271 e. The Morgan fingerprint density at radius 1 is 1.10 bits per heavy atom. The van der Waals surface area contributed by atoms with E-state index < -0.39 is 0 Å². The van der Waals surface area contributed by atoms with E-state index >= 15 is 0 Å². The van der Waals surface area contributed by atoms with E-state index in [4.69, 9.17) is 14.6 Å². The fraction of sp³-hybridized carbons (Fsp3) is 0.333. The van der Waals surface area contributed by atoms with E-state index in [0.29, 0.717) is 17.4 Å². The van der Waals surface area contributed by atoms with Crippen molar-refractivity contribution >= 4 is 5.91 Å². The first-order valence-corrected chi connectivity index (χ1v) is 10.3. The summed E-state index contributed by atoms with van der Waals surface area (Å²) >= 11 is 0. The number of aromatic nitrogens is 2. The van der Waals surface area contributed by atoms with E-state index in [-0.39, 0.29) is 18.7 Å². The molecule has 154 valence electrons. The predicted octanol–water partition coefficient (Wildman–Crippen LogP) is 4.25. The van der Waals surface area contributed by atoms with Crippen molar-refractivity contribution in [1.29, 1.82) is 0 Å². The number of carbonyl (C=O) groups excluding carboxylic acids is 1. The first-order chi connectivity index (χ1) is 14.4. The van der Waals surface area contributed by atoms with Crippen LogP contribution >= 0.6 is 0 Å². The molecule has 30 heavy (non-hydrogen) atoms. The number of amides is 1. The fourth-order valence-corrected chi connectivity index (χ4v) is 4.41. The molecule has 1 N–H and O–H groups in total. The number of carbonyl (C=O) groups is 1. The normalized spacial score (nSPS) is 16.8. The van der Waals surface area contributed by atoms with Crippen molar-refractivity contribution in [3.05, 3.63) is 70.0 Å². The predicted molar refractivity (Wildman–Crippen MR) is 113 cm³/mol. The summed E-state index contributed by atoms with van der Waals surface area (Å²) in [4.78, 5) is 13.1. The quantitative estimate of drug-likeness (QED) is 0.707. The highest BCUT2D eigenvalue weighted by molar-refractivity contribution is 5.99. The van der Waals surface area contributed by atoms with Gasteiger partial charge in [0.2, 0.25) is 6.79 Å². The second kappa shape index (κ2) is 6.90. The van der Waals surface area contributed by atoms with Crippen molar-refractivity contribution in [1.82, 2.24) is 15.1 Å². The topological polar surface area (TPSA) is 65.4 Å². The molecule has 0 radical (unpaired) electrons. The van der Waals surface area contributed by atoms with E-state index in [2.05, 4.69) is 51.2 Å². The van der Waals surface area contributed by atoms with Gasteiger partial charge >= 0.3 is 0 Å². The first-order valence-electron chi connectivity index (χ1n) is 10.3. The van der Waals surface area contributed by atoms with Crippen LogP contribution < -0.4 is 14.8 Å². The molecule has 3 heterocycles. The average molecular weight is 403 g/mol. The largest absolute Gasteiger partial charge is 0.454 e. The zero-order valence-electron chi connectivity index (χ0n) is 17.7. The average Bonchev–Trinajstić information content (AvgIpc) is 3.36. The van der Waals surface area contributed by atoms with Gasteiger partial charge in [0.15, 0.2) is 11.5 Å². The van der Waals surface area contributed by atoms with Gasteiger partial charge in [-0.25, -0.2) is 4.68 Å². The van der Waals surface area contributed by atoms with Crippen molar-refractivity contribution in [2.75, 3.05) is 6.79 Å². The summed E-state index contributed by atoms with van der Waals surface area (Å²) in [6, 6.07) is 11.9. The molecule has 0 fully saturated rings. The van der Waals surface area contributed by atoms with Crippen LogP contribution in [0.2, 0.25) is 0 Å². The van der Waals surface area contributed by atoms with Crippen molar-refractivity contribution in [2.24, 2.45) is 5.92 Å². The van der Waals surface area contributed by atoms with Gasteiger partial charge in [0, 0.05) is 5.56 Å². The Balaban J connectivity index is 1.67. The molecular weight excluding hydrogens is 378 g/mol. The van der Waals surface area contributed by atoms with Gasteiger partial charge in [-0.2, -0.15) is 5.10 Å². The van der Waals surface area contributed by atoms with Crippen LogP contribution in [0.3, 0.4) is 0 Å². The second-order valence-corrected chi connectivity index (χ2v) is 8.58. The van der Waals surface area contributed by atoms with Crippen molar-refractivity contribution < 1.29 is 14.3 Å². The minimum absolute atomic E-state index is 0.102. The van der Waals surface area contributed by atoms with Gasteiger partial charge in [0.25, 0.3) is 5.91 Å². The van der Waals surface area contributed by atoms with Crippen molar-refractivity contribution in [2.45, 2.75) is 40.2 Å². The summed E-state index contributed by atoms with van der Waals surface area (Å²) in [7, 11) is 0. The monoisotopic (exact) mass is 403 g/mol. The van der Waals surface area contributed by atoms with Crippen molar-refractivity contribution in [3.63, 3.8) is 0 Å². The van der Waals surface area contributed by atoms with Gasteiger partial charge in [-0.15, -0.1) is 0 Å². The Morgan fingerprint density at radius 2 is 1.83 bits per heavy atom. The number of hydrogen-bond donors (Lipinski definition) is 1. The third-order valence-electron chi connectivity index (χ3n) is 5.56. The van der Waals surface area contributed by atoms with E-state index in [0.717, 1.165) is 45.8 Å². The Hall–Kier alpha value is -3.28. The zero-order valence-corrected chi connectivity index (χ0v) is 17.7. The molecule has 5 rings (SSSR count). The highest BCUT2D eigenvalue weighted by Gasteiger charge is 2.38. The molecule has 0 saturated carbocycles. The van der Waals surface area contributed by atoms with E-state index in [1.165, 1.54) is 0 Å². The summed E-state index contributed by atoms with van der Waals surface area (Å²) < 4.78 is 12.8. The maximum atomic E-state index is 13.1. The van der Waals surface area contributed by atoms with Gasteiger partial charge in [-0.1, -0.05) is 26.0 Å². The molecule has 0 aliphatic carbocycles. The minimum Gasteiger partial charge on any atom is -0.454 e. The molecule has 0 spiro atoms. The molecule has 1 atom stereocenters. The lowest BCUT2D eigenvalue weighted by Crippen LogP contribution is -2.23. The molecule has 2 aliphatic heterocycles. The van der Waals surface area contributed by atoms with Crippen LogP contribution in [0.1, 0.15) is 58.3 Å². The van der Waals surface area contributed by atoms with Gasteiger partial charge in [-0.05, 0) is 67.1 Å². The molecule has 3 aromatic rings. The van der Waals surface area contributed by atoms with E-state index in [1.807, 2.05) is 22.9 Å². The van der Waals surface area contributed by atoms with E-state index in [1.54, 1.807) is 0 Å². The standard InChI is InChI=1S/C24H25N3O3/c1-13(2)7-18-21-22(16-5-6-19-20(11-16)30-12-29-19)25-24(28)23(21)27(26-18)17-9-14(3)8-15(4)10-17/h5-6,8-11,13,22H,7,12H2,1-4H3,(H,25,28). The van der Waals surface area contributed by atoms with Crippen LogP contribution in [-0.2, 0) is 6.42 Å². The number of aryl methyl sites for hydroxylation is 2. The lowest BCUT2D eigenvalue weighted by Gasteiger charge is -2.14. The molecule has 2 aliphatic rings.